The molecular formula is C16H28BrN3. The first kappa shape index (κ1) is 17.5. The lowest BCUT2D eigenvalue weighted by Gasteiger charge is -2.25. The van der Waals surface area contributed by atoms with Crippen LogP contribution in [-0.4, -0.2) is 45.7 Å². The predicted octanol–water partition coefficient (Wildman–Crippen LogP) is 3.51. The van der Waals surface area contributed by atoms with Crippen LogP contribution in [0.15, 0.2) is 22.7 Å². The number of hydrogen-bond acceptors (Lipinski definition) is 3. The molecule has 0 bridgehead atoms. The first-order valence-corrected chi connectivity index (χ1v) is 8.15. The fourth-order valence-corrected chi connectivity index (χ4v) is 2.98. The Morgan fingerprint density at radius 3 is 2.45 bits per heavy atom. The summed E-state index contributed by atoms with van der Waals surface area (Å²) in [7, 11) is 6.24. The van der Waals surface area contributed by atoms with Crippen LogP contribution in [0, 0.1) is 0 Å². The molecule has 20 heavy (non-hydrogen) atoms. The number of anilines is 1. The van der Waals surface area contributed by atoms with Gasteiger partial charge in [-0.05, 0) is 65.7 Å². The van der Waals surface area contributed by atoms with Crippen molar-refractivity contribution in [1.82, 2.24) is 10.2 Å². The maximum absolute atomic E-state index is 3.70. The van der Waals surface area contributed by atoms with Gasteiger partial charge in [0.2, 0.25) is 0 Å². The minimum Gasteiger partial charge on any atom is -0.372 e. The molecule has 1 aromatic rings. The van der Waals surface area contributed by atoms with E-state index in [1.165, 1.54) is 22.1 Å². The van der Waals surface area contributed by atoms with Crippen molar-refractivity contribution in [2.45, 2.75) is 26.3 Å². The van der Waals surface area contributed by atoms with E-state index in [1.807, 2.05) is 7.05 Å². The van der Waals surface area contributed by atoms with Crippen molar-refractivity contribution in [2.24, 2.45) is 0 Å². The average molecular weight is 342 g/mol. The van der Waals surface area contributed by atoms with Gasteiger partial charge in [0.15, 0.2) is 0 Å². The monoisotopic (exact) mass is 341 g/mol. The lowest BCUT2D eigenvalue weighted by Crippen LogP contribution is -2.27. The van der Waals surface area contributed by atoms with Gasteiger partial charge in [-0.25, -0.2) is 0 Å². The van der Waals surface area contributed by atoms with E-state index in [4.69, 9.17) is 0 Å². The van der Waals surface area contributed by atoms with E-state index < -0.39 is 0 Å². The number of nitrogens with zero attached hydrogens (tertiary/aromatic N) is 2. The van der Waals surface area contributed by atoms with Crippen LogP contribution in [0.2, 0.25) is 0 Å². The van der Waals surface area contributed by atoms with Crippen LogP contribution in [0.1, 0.15) is 31.9 Å². The summed E-state index contributed by atoms with van der Waals surface area (Å²) < 4.78 is 1.18. The van der Waals surface area contributed by atoms with Gasteiger partial charge < -0.3 is 15.1 Å². The molecule has 3 nitrogen and oxygen atoms in total. The SMILES string of the molecule is CCN(CCCN(C)C)c1ccc(C(C)NC)c(Br)c1. The van der Waals surface area contributed by atoms with Gasteiger partial charge in [-0.2, -0.15) is 0 Å². The van der Waals surface area contributed by atoms with Gasteiger partial charge in [-0.3, -0.25) is 0 Å². The van der Waals surface area contributed by atoms with Crippen LogP contribution in [-0.2, 0) is 0 Å². The van der Waals surface area contributed by atoms with Crippen molar-refractivity contribution >= 4 is 21.6 Å². The minimum atomic E-state index is 0.363. The third-order valence-electron chi connectivity index (χ3n) is 3.66. The molecule has 0 spiro atoms. The molecular weight excluding hydrogens is 314 g/mol. The smallest absolute Gasteiger partial charge is 0.0377 e. The molecule has 0 heterocycles. The van der Waals surface area contributed by atoms with E-state index in [0.717, 1.165) is 19.6 Å². The van der Waals surface area contributed by atoms with E-state index in [2.05, 4.69) is 77.2 Å². The van der Waals surface area contributed by atoms with Gasteiger partial charge in [-0.15, -0.1) is 0 Å². The molecule has 1 N–H and O–H groups in total. The van der Waals surface area contributed by atoms with Gasteiger partial charge in [0.1, 0.15) is 0 Å². The normalized spacial score (nSPS) is 12.8. The Labute approximate surface area is 132 Å². The highest BCUT2D eigenvalue weighted by Crippen LogP contribution is 2.28. The zero-order chi connectivity index (χ0) is 15.1. The first-order valence-electron chi connectivity index (χ1n) is 7.36. The fraction of sp³-hybridized carbons (Fsp3) is 0.625. The van der Waals surface area contributed by atoms with Crippen LogP contribution >= 0.6 is 15.9 Å². The summed E-state index contributed by atoms with van der Waals surface area (Å²) in [4.78, 5) is 4.67. The molecule has 114 valence electrons. The summed E-state index contributed by atoms with van der Waals surface area (Å²) in [6, 6.07) is 7.05. The Morgan fingerprint density at radius 1 is 1.25 bits per heavy atom. The van der Waals surface area contributed by atoms with E-state index >= 15 is 0 Å². The highest BCUT2D eigenvalue weighted by molar-refractivity contribution is 9.10. The molecule has 0 amide bonds. The molecule has 1 unspecified atom stereocenters. The highest BCUT2D eigenvalue weighted by Gasteiger charge is 2.10. The molecule has 4 heteroatoms. The molecule has 1 rings (SSSR count). The van der Waals surface area contributed by atoms with Gasteiger partial charge >= 0.3 is 0 Å². The molecule has 1 atom stereocenters. The summed E-state index contributed by atoms with van der Waals surface area (Å²) in [6.07, 6.45) is 1.19. The standard InChI is InChI=1S/C16H28BrN3/c1-6-20(11-7-10-19(4)5)14-8-9-15(13(2)18-3)16(17)12-14/h8-9,12-13,18H,6-7,10-11H2,1-5H3. The summed E-state index contributed by atoms with van der Waals surface area (Å²) >= 11 is 3.70. The van der Waals surface area contributed by atoms with Gasteiger partial charge in [0.25, 0.3) is 0 Å². The third-order valence-corrected chi connectivity index (χ3v) is 4.35. The quantitative estimate of drug-likeness (QED) is 0.780. The van der Waals surface area contributed by atoms with Gasteiger partial charge in [-0.1, -0.05) is 22.0 Å². The first-order chi connectivity index (χ1) is 9.49. The Hall–Kier alpha value is -0.580. The predicted molar refractivity (Wildman–Crippen MR) is 92.7 cm³/mol. The number of benzene rings is 1. The van der Waals surface area contributed by atoms with E-state index in [9.17, 15) is 0 Å². The van der Waals surface area contributed by atoms with Crippen molar-refractivity contribution in [3.8, 4) is 0 Å². The number of rotatable bonds is 8. The molecule has 0 aliphatic carbocycles. The van der Waals surface area contributed by atoms with Gasteiger partial charge in [0.05, 0.1) is 0 Å². The zero-order valence-corrected chi connectivity index (χ0v) is 15.0. The maximum Gasteiger partial charge on any atom is 0.0377 e. The van der Waals surface area contributed by atoms with E-state index in [0.29, 0.717) is 6.04 Å². The minimum absolute atomic E-state index is 0.363. The van der Waals surface area contributed by atoms with Crippen LogP contribution in [0.4, 0.5) is 5.69 Å². The molecule has 0 aromatic heterocycles. The second-order valence-corrected chi connectivity index (χ2v) is 6.31. The highest BCUT2D eigenvalue weighted by atomic mass is 79.9. The number of halogens is 1. The van der Waals surface area contributed by atoms with Crippen LogP contribution in [0.25, 0.3) is 0 Å². The molecule has 0 radical (unpaired) electrons. The Kier molecular flexibility index (Phi) is 7.56. The van der Waals surface area contributed by atoms with Crippen LogP contribution in [0.5, 0.6) is 0 Å². The molecule has 0 fully saturated rings. The molecule has 0 saturated carbocycles. The lowest BCUT2D eigenvalue weighted by molar-refractivity contribution is 0.400. The van der Waals surface area contributed by atoms with Crippen molar-refractivity contribution in [3.05, 3.63) is 28.2 Å². The molecule has 1 aromatic carbocycles. The second-order valence-electron chi connectivity index (χ2n) is 5.45. The summed E-state index contributed by atoms with van der Waals surface area (Å²) in [6.45, 7) is 7.66. The average Bonchev–Trinajstić information content (AvgIpc) is 2.42. The maximum atomic E-state index is 3.70. The van der Waals surface area contributed by atoms with E-state index in [-0.39, 0.29) is 0 Å². The van der Waals surface area contributed by atoms with Crippen molar-refractivity contribution in [3.63, 3.8) is 0 Å². The Balaban J connectivity index is 2.75. The molecule has 0 aliphatic heterocycles. The summed E-state index contributed by atoms with van der Waals surface area (Å²) in [5.74, 6) is 0. The lowest BCUT2D eigenvalue weighted by atomic mass is 10.1. The molecule has 0 aliphatic rings. The summed E-state index contributed by atoms with van der Waals surface area (Å²) in [5.41, 5.74) is 2.60. The molecule has 0 saturated heterocycles. The topological polar surface area (TPSA) is 18.5 Å². The Morgan fingerprint density at radius 2 is 1.95 bits per heavy atom. The Bertz CT molecular complexity index is 407. The number of hydrogen-bond donors (Lipinski definition) is 1. The zero-order valence-electron chi connectivity index (χ0n) is 13.4. The second kappa shape index (κ2) is 8.65. The van der Waals surface area contributed by atoms with Crippen LogP contribution < -0.4 is 10.2 Å². The number of nitrogens with one attached hydrogen (secondary N) is 1. The van der Waals surface area contributed by atoms with Crippen molar-refractivity contribution in [1.29, 1.82) is 0 Å². The fourth-order valence-electron chi connectivity index (χ4n) is 2.27. The largest absolute Gasteiger partial charge is 0.372 e. The van der Waals surface area contributed by atoms with Crippen molar-refractivity contribution in [2.75, 3.05) is 45.7 Å². The third kappa shape index (κ3) is 5.08. The summed E-state index contributed by atoms with van der Waals surface area (Å²) in [5, 5.41) is 3.28. The van der Waals surface area contributed by atoms with E-state index in [1.54, 1.807) is 0 Å². The van der Waals surface area contributed by atoms with Gasteiger partial charge in [0, 0.05) is 29.3 Å². The van der Waals surface area contributed by atoms with Crippen LogP contribution in [0.3, 0.4) is 0 Å². The van der Waals surface area contributed by atoms with Crippen molar-refractivity contribution < 1.29 is 0 Å².